The largest absolute Gasteiger partial charge is 0.482 e. The van der Waals surface area contributed by atoms with Gasteiger partial charge in [-0.2, -0.15) is 0 Å². The summed E-state index contributed by atoms with van der Waals surface area (Å²) in [6.07, 6.45) is 0. The minimum absolute atomic E-state index is 0.291. The Morgan fingerprint density at radius 2 is 2.07 bits per heavy atom. The molecule has 0 aromatic heterocycles. The zero-order valence-electron chi connectivity index (χ0n) is 9.28. The number of carbonyl (C=O) groups is 1. The minimum atomic E-state index is -0.956. The smallest absolute Gasteiger partial charge is 0.341 e. The number of carboxylic acids is 1. The maximum atomic E-state index is 10.4. The molecule has 0 aliphatic carbocycles. The highest BCUT2D eigenvalue weighted by atomic mass is 16.5. The van der Waals surface area contributed by atoms with Crippen molar-refractivity contribution in [3.05, 3.63) is 29.3 Å². The average Bonchev–Trinajstić information content (AvgIpc) is 2.13. The summed E-state index contributed by atoms with van der Waals surface area (Å²) in [5.41, 5.74) is 2.25. The molecule has 3 nitrogen and oxygen atoms in total. The van der Waals surface area contributed by atoms with Crippen LogP contribution in [0, 0.1) is 6.92 Å². The van der Waals surface area contributed by atoms with Crippen LogP contribution in [0.25, 0.3) is 0 Å². The van der Waals surface area contributed by atoms with Crippen LogP contribution < -0.4 is 4.74 Å². The van der Waals surface area contributed by atoms with Crippen molar-refractivity contribution < 1.29 is 14.6 Å². The van der Waals surface area contributed by atoms with Gasteiger partial charge >= 0.3 is 5.97 Å². The standard InChI is InChI=1S/C12H16O3/c1-8(2)10-4-9(3)5-11(6-10)15-7-12(13)14/h4-6,8H,7H2,1-3H3,(H,13,14). The molecule has 1 N–H and O–H groups in total. The van der Waals surface area contributed by atoms with E-state index in [1.54, 1.807) is 0 Å². The Morgan fingerprint density at radius 1 is 1.40 bits per heavy atom. The fraction of sp³-hybridized carbons (Fsp3) is 0.417. The molecule has 1 aromatic carbocycles. The van der Waals surface area contributed by atoms with E-state index in [9.17, 15) is 4.79 Å². The van der Waals surface area contributed by atoms with E-state index in [2.05, 4.69) is 19.9 Å². The van der Waals surface area contributed by atoms with Gasteiger partial charge < -0.3 is 9.84 Å². The molecule has 15 heavy (non-hydrogen) atoms. The summed E-state index contributed by atoms with van der Waals surface area (Å²) in [4.78, 5) is 10.4. The van der Waals surface area contributed by atoms with Gasteiger partial charge in [0.1, 0.15) is 5.75 Å². The van der Waals surface area contributed by atoms with Crippen molar-refractivity contribution in [2.24, 2.45) is 0 Å². The molecule has 0 bridgehead atoms. The van der Waals surface area contributed by atoms with Gasteiger partial charge in [0.2, 0.25) is 0 Å². The molecule has 0 unspecified atom stereocenters. The molecule has 0 saturated carbocycles. The monoisotopic (exact) mass is 208 g/mol. The second-order valence-corrected chi connectivity index (χ2v) is 3.92. The van der Waals surface area contributed by atoms with Crippen LogP contribution in [-0.2, 0) is 4.79 Å². The SMILES string of the molecule is Cc1cc(OCC(=O)O)cc(C(C)C)c1. The first-order valence-corrected chi connectivity index (χ1v) is 4.95. The summed E-state index contributed by atoms with van der Waals surface area (Å²) in [6, 6.07) is 5.81. The highest BCUT2D eigenvalue weighted by Gasteiger charge is 2.04. The third-order valence-corrected chi connectivity index (χ3v) is 2.10. The van der Waals surface area contributed by atoms with Crippen LogP contribution in [0.2, 0.25) is 0 Å². The lowest BCUT2D eigenvalue weighted by Crippen LogP contribution is -2.09. The zero-order chi connectivity index (χ0) is 11.4. The molecule has 0 spiro atoms. The summed E-state index contributed by atoms with van der Waals surface area (Å²) >= 11 is 0. The van der Waals surface area contributed by atoms with Crippen molar-refractivity contribution in [2.45, 2.75) is 26.7 Å². The second-order valence-electron chi connectivity index (χ2n) is 3.92. The van der Waals surface area contributed by atoms with Crippen LogP contribution in [0.5, 0.6) is 5.75 Å². The van der Waals surface area contributed by atoms with Crippen molar-refractivity contribution in [2.75, 3.05) is 6.61 Å². The normalized spacial score (nSPS) is 10.4. The lowest BCUT2D eigenvalue weighted by molar-refractivity contribution is -0.139. The van der Waals surface area contributed by atoms with Crippen LogP contribution in [0.3, 0.4) is 0 Å². The topological polar surface area (TPSA) is 46.5 Å². The first-order chi connectivity index (χ1) is 6.99. The molecule has 0 fully saturated rings. The predicted molar refractivity (Wildman–Crippen MR) is 58.4 cm³/mol. The Kier molecular flexibility index (Phi) is 3.72. The third kappa shape index (κ3) is 3.62. The summed E-state index contributed by atoms with van der Waals surface area (Å²) in [6.45, 7) is 5.87. The van der Waals surface area contributed by atoms with E-state index in [-0.39, 0.29) is 6.61 Å². The molecule has 0 radical (unpaired) electrons. The number of rotatable bonds is 4. The molecule has 82 valence electrons. The average molecular weight is 208 g/mol. The fourth-order valence-electron chi connectivity index (χ4n) is 1.34. The molecule has 3 heteroatoms. The van der Waals surface area contributed by atoms with E-state index in [1.165, 1.54) is 0 Å². The van der Waals surface area contributed by atoms with E-state index in [0.717, 1.165) is 11.1 Å². The highest BCUT2D eigenvalue weighted by molar-refractivity contribution is 5.68. The summed E-state index contributed by atoms with van der Waals surface area (Å²) in [5, 5.41) is 8.50. The van der Waals surface area contributed by atoms with Crippen LogP contribution in [-0.4, -0.2) is 17.7 Å². The Morgan fingerprint density at radius 3 is 2.60 bits per heavy atom. The number of hydrogen-bond donors (Lipinski definition) is 1. The quantitative estimate of drug-likeness (QED) is 0.827. The first-order valence-electron chi connectivity index (χ1n) is 4.95. The molecule has 1 rings (SSSR count). The van der Waals surface area contributed by atoms with Crippen LogP contribution in [0.15, 0.2) is 18.2 Å². The highest BCUT2D eigenvalue weighted by Crippen LogP contribution is 2.22. The number of hydrogen-bond acceptors (Lipinski definition) is 2. The minimum Gasteiger partial charge on any atom is -0.482 e. The van der Waals surface area contributed by atoms with Gasteiger partial charge in [-0.05, 0) is 36.1 Å². The summed E-state index contributed by atoms with van der Waals surface area (Å²) in [7, 11) is 0. The van der Waals surface area contributed by atoms with E-state index in [0.29, 0.717) is 11.7 Å². The van der Waals surface area contributed by atoms with Gasteiger partial charge in [-0.25, -0.2) is 4.79 Å². The van der Waals surface area contributed by atoms with E-state index >= 15 is 0 Å². The van der Waals surface area contributed by atoms with Gasteiger partial charge in [0.15, 0.2) is 6.61 Å². The molecule has 0 aliphatic heterocycles. The molecule has 0 aliphatic rings. The van der Waals surface area contributed by atoms with Crippen molar-refractivity contribution >= 4 is 5.97 Å². The summed E-state index contributed by atoms with van der Waals surface area (Å²) < 4.78 is 5.14. The number of aliphatic carboxylic acids is 1. The van der Waals surface area contributed by atoms with Gasteiger partial charge in [0, 0.05) is 0 Å². The Hall–Kier alpha value is -1.51. The summed E-state index contributed by atoms with van der Waals surface area (Å²) in [5.74, 6) is 0.0841. The van der Waals surface area contributed by atoms with Crippen LogP contribution >= 0.6 is 0 Å². The Bertz CT molecular complexity index is 356. The number of aryl methyl sites for hydroxylation is 1. The molecule has 0 heterocycles. The third-order valence-electron chi connectivity index (χ3n) is 2.10. The van der Waals surface area contributed by atoms with Gasteiger partial charge in [-0.1, -0.05) is 19.9 Å². The van der Waals surface area contributed by atoms with Crippen molar-refractivity contribution in [3.8, 4) is 5.75 Å². The van der Waals surface area contributed by atoms with Gasteiger partial charge in [-0.15, -0.1) is 0 Å². The lowest BCUT2D eigenvalue weighted by atomic mass is 10.0. The van der Waals surface area contributed by atoms with Gasteiger partial charge in [-0.3, -0.25) is 0 Å². The number of ether oxygens (including phenoxy) is 1. The Balaban J connectivity index is 2.84. The zero-order valence-corrected chi connectivity index (χ0v) is 9.28. The molecule has 0 saturated heterocycles. The molecule has 0 atom stereocenters. The van der Waals surface area contributed by atoms with Crippen LogP contribution in [0.4, 0.5) is 0 Å². The number of carboxylic acid groups (broad SMARTS) is 1. The maximum absolute atomic E-state index is 10.4. The van der Waals surface area contributed by atoms with Crippen molar-refractivity contribution in [1.29, 1.82) is 0 Å². The van der Waals surface area contributed by atoms with Gasteiger partial charge in [0.25, 0.3) is 0 Å². The predicted octanol–water partition coefficient (Wildman–Crippen LogP) is 2.58. The van der Waals surface area contributed by atoms with E-state index in [1.807, 2.05) is 19.1 Å². The maximum Gasteiger partial charge on any atom is 0.341 e. The van der Waals surface area contributed by atoms with Crippen LogP contribution in [0.1, 0.15) is 30.9 Å². The number of benzene rings is 1. The molecule has 0 amide bonds. The Labute approximate surface area is 89.7 Å². The van der Waals surface area contributed by atoms with Gasteiger partial charge in [0.05, 0.1) is 0 Å². The van der Waals surface area contributed by atoms with E-state index < -0.39 is 5.97 Å². The first kappa shape index (κ1) is 11.6. The molecular weight excluding hydrogens is 192 g/mol. The lowest BCUT2D eigenvalue weighted by Gasteiger charge is -2.10. The molecular formula is C12H16O3. The fourth-order valence-corrected chi connectivity index (χ4v) is 1.34. The second kappa shape index (κ2) is 4.82. The van der Waals surface area contributed by atoms with Crippen molar-refractivity contribution in [3.63, 3.8) is 0 Å². The van der Waals surface area contributed by atoms with E-state index in [4.69, 9.17) is 9.84 Å². The van der Waals surface area contributed by atoms with Crippen molar-refractivity contribution in [1.82, 2.24) is 0 Å². The molecule has 1 aromatic rings.